The molecule has 1 aliphatic rings. The van der Waals surface area contributed by atoms with Crippen molar-refractivity contribution in [3.05, 3.63) is 24.3 Å². The Hall–Kier alpha value is -0.520. The molecule has 0 fully saturated rings. The van der Waals surface area contributed by atoms with Crippen LogP contribution in [0.5, 0.6) is 0 Å². The second kappa shape index (κ2) is 5.28. The van der Waals surface area contributed by atoms with Gasteiger partial charge in [-0.05, 0) is 31.8 Å². The Morgan fingerprint density at radius 1 is 1.00 bits per heavy atom. The van der Waals surface area contributed by atoms with Gasteiger partial charge in [0.2, 0.25) is 0 Å². The summed E-state index contributed by atoms with van der Waals surface area (Å²) in [5, 5.41) is 0. The SMILES string of the molecule is [C]1=CC=CCCCCCC1. The number of allylic oxidation sites excluding steroid dienone is 4. The van der Waals surface area contributed by atoms with E-state index < -0.39 is 0 Å². The van der Waals surface area contributed by atoms with E-state index in [0.717, 1.165) is 6.42 Å². The van der Waals surface area contributed by atoms with Crippen molar-refractivity contribution < 1.29 is 0 Å². The summed E-state index contributed by atoms with van der Waals surface area (Å²) in [6, 6.07) is 0. The van der Waals surface area contributed by atoms with Gasteiger partial charge in [0.15, 0.2) is 0 Å². The van der Waals surface area contributed by atoms with Crippen LogP contribution in [0.1, 0.15) is 38.5 Å². The summed E-state index contributed by atoms with van der Waals surface area (Å²) in [5.41, 5.74) is 0. The van der Waals surface area contributed by atoms with Gasteiger partial charge in [-0.25, -0.2) is 0 Å². The van der Waals surface area contributed by atoms with Gasteiger partial charge in [0.05, 0.1) is 0 Å². The third kappa shape index (κ3) is 3.49. The number of hydrogen-bond acceptors (Lipinski definition) is 0. The average Bonchev–Trinajstić information content (AvgIpc) is 2.01. The molecule has 0 aromatic heterocycles. The fourth-order valence-electron chi connectivity index (χ4n) is 1.16. The highest BCUT2D eigenvalue weighted by Crippen LogP contribution is 2.07. The van der Waals surface area contributed by atoms with Crippen LogP contribution in [0, 0.1) is 6.08 Å². The van der Waals surface area contributed by atoms with Gasteiger partial charge in [-0.2, -0.15) is 0 Å². The molecule has 0 unspecified atom stereocenters. The maximum Gasteiger partial charge on any atom is -0.0276 e. The summed E-state index contributed by atoms with van der Waals surface area (Å²) in [6.45, 7) is 0. The minimum Gasteiger partial charge on any atom is -0.0845 e. The Labute approximate surface area is 63.6 Å². The molecule has 0 spiro atoms. The molecule has 0 heteroatoms. The molecule has 55 valence electrons. The second-order valence-corrected chi connectivity index (χ2v) is 2.75. The quantitative estimate of drug-likeness (QED) is 0.478. The average molecular weight is 135 g/mol. The lowest BCUT2D eigenvalue weighted by atomic mass is 10.1. The van der Waals surface area contributed by atoms with Crippen LogP contribution in [-0.4, -0.2) is 0 Å². The first-order chi connectivity index (χ1) is 5.00. The van der Waals surface area contributed by atoms with E-state index in [1.165, 1.54) is 32.1 Å². The van der Waals surface area contributed by atoms with Crippen molar-refractivity contribution in [3.63, 3.8) is 0 Å². The van der Waals surface area contributed by atoms with Gasteiger partial charge in [-0.15, -0.1) is 0 Å². The van der Waals surface area contributed by atoms with Crippen LogP contribution in [0.15, 0.2) is 18.2 Å². The lowest BCUT2D eigenvalue weighted by Gasteiger charge is -1.97. The summed E-state index contributed by atoms with van der Waals surface area (Å²) in [4.78, 5) is 0. The van der Waals surface area contributed by atoms with Crippen molar-refractivity contribution >= 4 is 0 Å². The Kier molecular flexibility index (Phi) is 4.00. The van der Waals surface area contributed by atoms with Crippen LogP contribution in [0.4, 0.5) is 0 Å². The summed E-state index contributed by atoms with van der Waals surface area (Å²) < 4.78 is 0. The molecule has 1 radical (unpaired) electrons. The van der Waals surface area contributed by atoms with Gasteiger partial charge < -0.3 is 0 Å². The first-order valence-electron chi connectivity index (χ1n) is 4.22. The normalized spacial score (nSPS) is 20.8. The zero-order chi connectivity index (χ0) is 7.07. The third-order valence-corrected chi connectivity index (χ3v) is 1.79. The Morgan fingerprint density at radius 3 is 2.90 bits per heavy atom. The van der Waals surface area contributed by atoms with E-state index in [1.54, 1.807) is 0 Å². The van der Waals surface area contributed by atoms with Gasteiger partial charge in [0.25, 0.3) is 0 Å². The van der Waals surface area contributed by atoms with E-state index in [0.29, 0.717) is 0 Å². The molecule has 1 rings (SSSR count). The summed E-state index contributed by atoms with van der Waals surface area (Å²) >= 11 is 0. The number of rotatable bonds is 0. The highest BCUT2D eigenvalue weighted by molar-refractivity contribution is 4.99. The Morgan fingerprint density at radius 2 is 1.90 bits per heavy atom. The fraction of sp³-hybridized carbons (Fsp3) is 0.600. The predicted molar refractivity (Wildman–Crippen MR) is 44.7 cm³/mol. The van der Waals surface area contributed by atoms with Crippen molar-refractivity contribution in [1.29, 1.82) is 0 Å². The fourth-order valence-corrected chi connectivity index (χ4v) is 1.16. The summed E-state index contributed by atoms with van der Waals surface area (Å²) in [5.74, 6) is 0. The molecule has 0 aromatic carbocycles. The van der Waals surface area contributed by atoms with Crippen LogP contribution in [0.2, 0.25) is 0 Å². The standard InChI is InChI=1S/C10H15/c1-2-4-6-8-10-9-7-5-3-1/h1-3H,4,6-10H2. The zero-order valence-electron chi connectivity index (χ0n) is 6.47. The molecule has 0 N–H and O–H groups in total. The first kappa shape index (κ1) is 7.59. The minimum atomic E-state index is 1.14. The first-order valence-corrected chi connectivity index (χ1v) is 4.22. The molecule has 0 aliphatic heterocycles. The molecule has 0 heterocycles. The van der Waals surface area contributed by atoms with Crippen LogP contribution in [0.3, 0.4) is 0 Å². The largest absolute Gasteiger partial charge is 0.0845 e. The van der Waals surface area contributed by atoms with Crippen LogP contribution in [0.25, 0.3) is 0 Å². The maximum absolute atomic E-state index is 3.24. The third-order valence-electron chi connectivity index (χ3n) is 1.79. The van der Waals surface area contributed by atoms with E-state index in [9.17, 15) is 0 Å². The molecule has 0 saturated heterocycles. The lowest BCUT2D eigenvalue weighted by molar-refractivity contribution is 0.647. The molecule has 0 aromatic rings. The monoisotopic (exact) mass is 135 g/mol. The van der Waals surface area contributed by atoms with E-state index >= 15 is 0 Å². The molecule has 0 atom stereocenters. The van der Waals surface area contributed by atoms with E-state index in [-0.39, 0.29) is 0 Å². The highest BCUT2D eigenvalue weighted by Gasteiger charge is 1.88. The van der Waals surface area contributed by atoms with Crippen molar-refractivity contribution in [2.75, 3.05) is 0 Å². The summed E-state index contributed by atoms with van der Waals surface area (Å²) in [6.07, 6.45) is 17.5. The highest BCUT2D eigenvalue weighted by atomic mass is 13.9. The molecular formula is C10H15. The second-order valence-electron chi connectivity index (χ2n) is 2.75. The maximum atomic E-state index is 3.24. The van der Waals surface area contributed by atoms with Crippen molar-refractivity contribution in [2.24, 2.45) is 0 Å². The minimum absolute atomic E-state index is 1.14. The van der Waals surface area contributed by atoms with Crippen molar-refractivity contribution in [1.82, 2.24) is 0 Å². The van der Waals surface area contributed by atoms with Gasteiger partial charge in [0.1, 0.15) is 0 Å². The van der Waals surface area contributed by atoms with Gasteiger partial charge >= 0.3 is 0 Å². The molecule has 0 nitrogen and oxygen atoms in total. The predicted octanol–water partition coefficient (Wildman–Crippen LogP) is 3.26. The van der Waals surface area contributed by atoms with Crippen LogP contribution < -0.4 is 0 Å². The van der Waals surface area contributed by atoms with Gasteiger partial charge in [-0.1, -0.05) is 31.1 Å². The smallest absolute Gasteiger partial charge is 0.0276 e. The molecule has 1 aliphatic carbocycles. The van der Waals surface area contributed by atoms with Gasteiger partial charge in [0, 0.05) is 0 Å². The molecule has 0 bridgehead atoms. The molecule has 10 heavy (non-hydrogen) atoms. The lowest BCUT2D eigenvalue weighted by Crippen LogP contribution is -1.78. The topological polar surface area (TPSA) is 0 Å². The van der Waals surface area contributed by atoms with Crippen LogP contribution in [-0.2, 0) is 0 Å². The zero-order valence-corrected chi connectivity index (χ0v) is 6.47. The van der Waals surface area contributed by atoms with E-state index in [1.807, 2.05) is 6.08 Å². The Bertz CT molecular complexity index is 104. The van der Waals surface area contributed by atoms with Gasteiger partial charge in [-0.3, -0.25) is 0 Å². The van der Waals surface area contributed by atoms with Crippen molar-refractivity contribution in [3.8, 4) is 0 Å². The Balaban J connectivity index is 2.26. The number of hydrogen-bond donors (Lipinski definition) is 0. The molecule has 0 amide bonds. The molecular weight excluding hydrogens is 120 g/mol. The summed E-state index contributed by atoms with van der Waals surface area (Å²) in [7, 11) is 0. The van der Waals surface area contributed by atoms with Crippen molar-refractivity contribution in [2.45, 2.75) is 38.5 Å². The van der Waals surface area contributed by atoms with Crippen LogP contribution >= 0.6 is 0 Å². The molecule has 0 saturated carbocycles. The van der Waals surface area contributed by atoms with E-state index in [4.69, 9.17) is 0 Å². The van der Waals surface area contributed by atoms with E-state index in [2.05, 4.69) is 18.2 Å².